The smallest absolute Gasteiger partial charge is 0.343 e. The first-order valence-corrected chi connectivity index (χ1v) is 9.81. The van der Waals surface area contributed by atoms with Crippen molar-refractivity contribution in [2.45, 2.75) is 25.4 Å². The first-order chi connectivity index (χ1) is 13.9. The van der Waals surface area contributed by atoms with Crippen LogP contribution in [0.5, 0.6) is 5.75 Å². The van der Waals surface area contributed by atoms with Crippen LogP contribution < -0.4 is 15.8 Å². The Kier molecular flexibility index (Phi) is 7.96. The van der Waals surface area contributed by atoms with E-state index in [2.05, 4.69) is 15.3 Å². The molecule has 0 unspecified atom stereocenters. The molecule has 1 heterocycles. The van der Waals surface area contributed by atoms with Crippen LogP contribution in [0.2, 0.25) is 0 Å². The maximum atomic E-state index is 12.5. The van der Waals surface area contributed by atoms with Gasteiger partial charge in [-0.1, -0.05) is 18.7 Å². The number of hydrogen-bond acceptors (Lipinski definition) is 9. The van der Waals surface area contributed by atoms with Crippen LogP contribution in [-0.4, -0.2) is 47.1 Å². The average Bonchev–Trinajstić information content (AvgIpc) is 2.72. The number of nitrogens with two attached hydrogens (primary N) is 1. The van der Waals surface area contributed by atoms with Crippen molar-refractivity contribution in [3.63, 3.8) is 0 Å². The van der Waals surface area contributed by atoms with Crippen LogP contribution in [0.3, 0.4) is 0 Å². The van der Waals surface area contributed by atoms with Crippen LogP contribution in [0.15, 0.2) is 29.6 Å². The van der Waals surface area contributed by atoms with E-state index in [1.165, 1.54) is 13.3 Å². The molecule has 1 aromatic carbocycles. The molecule has 0 aliphatic heterocycles. The summed E-state index contributed by atoms with van der Waals surface area (Å²) in [5.74, 6) is -0.493. The second kappa shape index (κ2) is 10.4. The number of carbonyl (C=O) groups excluding carboxylic acids is 3. The van der Waals surface area contributed by atoms with E-state index in [0.717, 1.165) is 11.8 Å². The van der Waals surface area contributed by atoms with Gasteiger partial charge in [-0.2, -0.15) is 0 Å². The van der Waals surface area contributed by atoms with Gasteiger partial charge in [0, 0.05) is 18.2 Å². The Labute approximate surface area is 172 Å². The molecule has 3 N–H and O–H groups in total. The third kappa shape index (κ3) is 5.92. The molecule has 0 bridgehead atoms. The number of methoxy groups -OCH3 is 1. The molecule has 2 rings (SSSR count). The van der Waals surface area contributed by atoms with E-state index in [1.54, 1.807) is 32.0 Å². The monoisotopic (exact) mass is 418 g/mol. The third-order valence-electron chi connectivity index (χ3n) is 3.74. The number of thioether (sulfide) groups is 1. The third-order valence-corrected chi connectivity index (χ3v) is 4.60. The second-order valence-corrected chi connectivity index (χ2v) is 6.64. The molecule has 29 heavy (non-hydrogen) atoms. The highest BCUT2D eigenvalue weighted by Gasteiger charge is 2.16. The number of ketones is 1. The van der Waals surface area contributed by atoms with Gasteiger partial charge in [0.25, 0.3) is 0 Å². The summed E-state index contributed by atoms with van der Waals surface area (Å²) >= 11 is 1.09. The fraction of sp³-hybridized carbons (Fsp3) is 0.316. The summed E-state index contributed by atoms with van der Waals surface area (Å²) in [4.78, 5) is 43.9. The van der Waals surface area contributed by atoms with Gasteiger partial charge in [-0.25, -0.2) is 14.8 Å². The molecule has 2 aromatic rings. The highest BCUT2D eigenvalue weighted by molar-refractivity contribution is 7.99. The molecule has 0 saturated heterocycles. The predicted octanol–water partition coefficient (Wildman–Crippen LogP) is 2.57. The van der Waals surface area contributed by atoms with Gasteiger partial charge in [0.2, 0.25) is 5.91 Å². The first kappa shape index (κ1) is 22.2. The molecule has 0 radical (unpaired) electrons. The van der Waals surface area contributed by atoms with Crippen LogP contribution in [0, 0.1) is 0 Å². The molecule has 0 atom stereocenters. The van der Waals surface area contributed by atoms with Gasteiger partial charge in [0.05, 0.1) is 25.2 Å². The zero-order valence-electron chi connectivity index (χ0n) is 16.4. The van der Waals surface area contributed by atoms with Gasteiger partial charge in [-0.3, -0.25) is 9.59 Å². The molecule has 0 fully saturated rings. The van der Waals surface area contributed by atoms with E-state index in [0.29, 0.717) is 23.4 Å². The number of ether oxygens (including phenoxy) is 2. The van der Waals surface area contributed by atoms with Gasteiger partial charge in [-0.15, -0.1) is 0 Å². The molecule has 9 nitrogen and oxygen atoms in total. The highest BCUT2D eigenvalue weighted by atomic mass is 32.2. The normalized spacial score (nSPS) is 10.3. The van der Waals surface area contributed by atoms with Crippen LogP contribution in [0.4, 0.5) is 11.5 Å². The Morgan fingerprint density at radius 2 is 2.00 bits per heavy atom. The topological polar surface area (TPSA) is 134 Å². The number of nitrogen functional groups attached to an aromatic ring is 1. The first-order valence-electron chi connectivity index (χ1n) is 8.83. The number of nitrogens with one attached hydrogen (secondary N) is 1. The lowest BCUT2D eigenvalue weighted by Crippen LogP contribution is -2.12. The fourth-order valence-corrected chi connectivity index (χ4v) is 2.95. The van der Waals surface area contributed by atoms with Crippen molar-refractivity contribution >= 4 is 40.9 Å². The molecule has 0 saturated carbocycles. The van der Waals surface area contributed by atoms with Crippen LogP contribution in [0.1, 0.15) is 41.0 Å². The molecule has 0 aliphatic rings. The van der Waals surface area contributed by atoms with E-state index in [9.17, 15) is 14.4 Å². The summed E-state index contributed by atoms with van der Waals surface area (Å²) in [7, 11) is 1.46. The average molecular weight is 418 g/mol. The number of rotatable bonds is 9. The molecule has 0 aliphatic carbocycles. The maximum absolute atomic E-state index is 12.5. The summed E-state index contributed by atoms with van der Waals surface area (Å²) < 4.78 is 10.1. The van der Waals surface area contributed by atoms with E-state index in [1.807, 2.05) is 0 Å². The Bertz CT molecular complexity index is 919. The van der Waals surface area contributed by atoms with Crippen molar-refractivity contribution < 1.29 is 23.9 Å². The second-order valence-electron chi connectivity index (χ2n) is 5.70. The number of nitrogens with zero attached hydrogens (tertiary/aromatic N) is 2. The van der Waals surface area contributed by atoms with Crippen molar-refractivity contribution in [3.8, 4) is 5.75 Å². The molecule has 154 valence electrons. The van der Waals surface area contributed by atoms with Gasteiger partial charge in [0.15, 0.2) is 10.9 Å². The summed E-state index contributed by atoms with van der Waals surface area (Å²) in [6.45, 7) is 3.64. The van der Waals surface area contributed by atoms with Gasteiger partial charge in [-0.05, 0) is 25.1 Å². The Balaban J connectivity index is 2.06. The fourth-order valence-electron chi connectivity index (χ4n) is 2.23. The van der Waals surface area contributed by atoms with Crippen molar-refractivity contribution in [1.82, 2.24) is 9.97 Å². The zero-order chi connectivity index (χ0) is 21.4. The van der Waals surface area contributed by atoms with E-state index >= 15 is 0 Å². The van der Waals surface area contributed by atoms with Gasteiger partial charge >= 0.3 is 5.97 Å². The SMILES string of the molecule is CCOC(=O)c1cnc(SCC(=O)c2ccc(NC(=O)CC)c(OC)c2)nc1N. The maximum Gasteiger partial charge on any atom is 0.343 e. The number of esters is 1. The summed E-state index contributed by atoms with van der Waals surface area (Å²) in [6.07, 6.45) is 1.61. The standard InChI is InChI=1S/C19H22N4O5S/c1-4-16(25)22-13-7-6-11(8-15(13)27-3)14(24)10-29-19-21-9-12(17(20)23-19)18(26)28-5-2/h6-9H,4-5,10H2,1-3H3,(H,22,25)(H2,20,21,23). The molecule has 1 aromatic heterocycles. The largest absolute Gasteiger partial charge is 0.495 e. The van der Waals surface area contributed by atoms with E-state index in [4.69, 9.17) is 15.2 Å². The summed E-state index contributed by atoms with van der Waals surface area (Å²) in [5, 5.41) is 2.98. The molecular formula is C19H22N4O5S. The number of amides is 1. The Morgan fingerprint density at radius 3 is 2.62 bits per heavy atom. The quantitative estimate of drug-likeness (QED) is 0.273. The summed E-state index contributed by atoms with van der Waals surface area (Å²) in [5.41, 5.74) is 6.77. The predicted molar refractivity (Wildman–Crippen MR) is 109 cm³/mol. The molecule has 1 amide bonds. The van der Waals surface area contributed by atoms with Crippen LogP contribution >= 0.6 is 11.8 Å². The lowest BCUT2D eigenvalue weighted by Gasteiger charge is -2.11. The lowest BCUT2D eigenvalue weighted by atomic mass is 10.1. The molecule has 10 heteroatoms. The van der Waals surface area contributed by atoms with Crippen LogP contribution in [-0.2, 0) is 9.53 Å². The number of anilines is 2. The molecular weight excluding hydrogens is 396 g/mol. The Morgan fingerprint density at radius 1 is 1.24 bits per heavy atom. The minimum absolute atomic E-state index is 0.00825. The summed E-state index contributed by atoms with van der Waals surface area (Å²) in [6, 6.07) is 4.79. The molecule has 0 spiro atoms. The minimum atomic E-state index is -0.597. The number of aromatic nitrogens is 2. The zero-order valence-corrected chi connectivity index (χ0v) is 17.2. The number of carbonyl (C=O) groups is 3. The van der Waals surface area contributed by atoms with E-state index in [-0.39, 0.29) is 40.6 Å². The Hall–Kier alpha value is -3.14. The van der Waals surface area contributed by atoms with Gasteiger partial charge in [0.1, 0.15) is 17.1 Å². The highest BCUT2D eigenvalue weighted by Crippen LogP contribution is 2.27. The number of Topliss-reactive ketones (excluding diaryl/α,β-unsaturated/α-hetero) is 1. The van der Waals surface area contributed by atoms with Crippen molar-refractivity contribution in [2.24, 2.45) is 0 Å². The van der Waals surface area contributed by atoms with Crippen molar-refractivity contribution in [1.29, 1.82) is 0 Å². The van der Waals surface area contributed by atoms with Crippen LogP contribution in [0.25, 0.3) is 0 Å². The lowest BCUT2D eigenvalue weighted by molar-refractivity contribution is -0.115. The minimum Gasteiger partial charge on any atom is -0.495 e. The van der Waals surface area contributed by atoms with Gasteiger partial charge < -0.3 is 20.5 Å². The number of benzene rings is 1. The van der Waals surface area contributed by atoms with Crippen molar-refractivity contribution in [3.05, 3.63) is 35.5 Å². The van der Waals surface area contributed by atoms with E-state index < -0.39 is 5.97 Å². The number of hydrogen-bond donors (Lipinski definition) is 2. The van der Waals surface area contributed by atoms with Crippen molar-refractivity contribution in [2.75, 3.05) is 30.5 Å².